The molecule has 3 aromatic carbocycles. The molecule has 4 rings (SSSR count). The van der Waals surface area contributed by atoms with Crippen molar-refractivity contribution in [1.82, 2.24) is 9.78 Å². The molecule has 0 spiro atoms. The lowest BCUT2D eigenvalue weighted by molar-refractivity contribution is 0.584. The fourth-order valence-electron chi connectivity index (χ4n) is 3.01. The topological polar surface area (TPSA) is 78.0 Å². The van der Waals surface area contributed by atoms with Crippen molar-refractivity contribution in [2.24, 2.45) is 5.14 Å². The van der Waals surface area contributed by atoms with Gasteiger partial charge in [-0.15, -0.1) is 0 Å². The van der Waals surface area contributed by atoms with Crippen molar-refractivity contribution in [2.45, 2.75) is 4.90 Å². The molecule has 0 saturated heterocycles. The van der Waals surface area contributed by atoms with Gasteiger partial charge in [-0.3, -0.25) is 0 Å². The van der Waals surface area contributed by atoms with E-state index < -0.39 is 21.7 Å². The van der Waals surface area contributed by atoms with Crippen LogP contribution in [0.1, 0.15) is 0 Å². The quantitative estimate of drug-likeness (QED) is 0.490. The van der Waals surface area contributed by atoms with E-state index in [1.807, 2.05) is 0 Å². The highest BCUT2D eigenvalue weighted by molar-refractivity contribution is 7.89. The van der Waals surface area contributed by atoms with Gasteiger partial charge in [0.15, 0.2) is 0 Å². The Hall–Kier alpha value is -3.07. The van der Waals surface area contributed by atoms with Gasteiger partial charge in [0, 0.05) is 22.2 Å². The third-order valence-corrected chi connectivity index (χ3v) is 5.65. The Labute approximate surface area is 176 Å². The van der Waals surface area contributed by atoms with Crippen LogP contribution in [-0.2, 0) is 10.0 Å². The van der Waals surface area contributed by atoms with Crippen molar-refractivity contribution in [3.8, 4) is 28.2 Å². The molecule has 0 fully saturated rings. The summed E-state index contributed by atoms with van der Waals surface area (Å²) in [7, 11) is -3.86. The van der Waals surface area contributed by atoms with Crippen LogP contribution >= 0.6 is 11.6 Å². The van der Waals surface area contributed by atoms with Crippen LogP contribution in [0.4, 0.5) is 8.78 Å². The summed E-state index contributed by atoms with van der Waals surface area (Å²) in [5.41, 5.74) is 2.24. The predicted octanol–water partition coefficient (Wildman–Crippen LogP) is 4.79. The van der Waals surface area contributed by atoms with Gasteiger partial charge < -0.3 is 0 Å². The maximum atomic E-state index is 14.5. The number of aromatic nitrogens is 2. The second kappa shape index (κ2) is 7.64. The maximum absolute atomic E-state index is 14.5. The molecule has 0 aliphatic rings. The molecule has 4 aromatic rings. The van der Waals surface area contributed by atoms with Crippen molar-refractivity contribution in [3.63, 3.8) is 0 Å². The molecule has 0 aliphatic heterocycles. The monoisotopic (exact) mass is 445 g/mol. The van der Waals surface area contributed by atoms with Gasteiger partial charge in [0.1, 0.15) is 11.6 Å². The third-order valence-electron chi connectivity index (χ3n) is 4.47. The summed E-state index contributed by atoms with van der Waals surface area (Å²) in [5.74, 6) is -1.45. The normalized spacial score (nSPS) is 11.6. The summed E-state index contributed by atoms with van der Waals surface area (Å²) in [5, 5.41) is 10.2. The summed E-state index contributed by atoms with van der Waals surface area (Å²) in [6, 6.07) is 17.5. The van der Waals surface area contributed by atoms with Crippen molar-refractivity contribution >= 4 is 21.6 Å². The molecule has 152 valence electrons. The molecular weight excluding hydrogens is 432 g/mol. The molecule has 5 nitrogen and oxygen atoms in total. The van der Waals surface area contributed by atoms with Gasteiger partial charge in [0.2, 0.25) is 10.0 Å². The van der Waals surface area contributed by atoms with Gasteiger partial charge in [-0.1, -0.05) is 23.7 Å². The van der Waals surface area contributed by atoms with Crippen LogP contribution in [0.3, 0.4) is 0 Å². The van der Waals surface area contributed by atoms with E-state index in [0.29, 0.717) is 22.1 Å². The van der Waals surface area contributed by atoms with E-state index in [1.165, 1.54) is 35.0 Å². The minimum Gasteiger partial charge on any atom is -0.232 e. The molecule has 1 aromatic heterocycles. The number of halogens is 3. The van der Waals surface area contributed by atoms with Crippen molar-refractivity contribution in [3.05, 3.63) is 89.5 Å². The number of primary sulfonamides is 1. The first kappa shape index (κ1) is 20.2. The lowest BCUT2D eigenvalue weighted by Crippen LogP contribution is -2.12. The van der Waals surface area contributed by atoms with E-state index in [1.54, 1.807) is 30.3 Å². The highest BCUT2D eigenvalue weighted by Gasteiger charge is 2.17. The summed E-state index contributed by atoms with van der Waals surface area (Å²) < 4.78 is 52.4. The fraction of sp³-hybridized carbons (Fsp3) is 0. The Morgan fingerprint density at radius 2 is 1.57 bits per heavy atom. The molecule has 9 heteroatoms. The van der Waals surface area contributed by atoms with Crippen molar-refractivity contribution in [2.75, 3.05) is 0 Å². The number of hydrogen-bond donors (Lipinski definition) is 1. The molecule has 0 radical (unpaired) electrons. The molecule has 0 unspecified atom stereocenters. The first-order valence-electron chi connectivity index (χ1n) is 8.67. The first-order valence-corrected chi connectivity index (χ1v) is 10.6. The highest BCUT2D eigenvalue weighted by Crippen LogP contribution is 2.31. The van der Waals surface area contributed by atoms with Crippen LogP contribution in [0.15, 0.2) is 77.7 Å². The number of rotatable bonds is 4. The van der Waals surface area contributed by atoms with E-state index in [-0.39, 0.29) is 10.5 Å². The zero-order valence-electron chi connectivity index (χ0n) is 15.3. The van der Waals surface area contributed by atoms with Gasteiger partial charge in [-0.2, -0.15) is 5.10 Å². The second-order valence-electron chi connectivity index (χ2n) is 6.50. The van der Waals surface area contributed by atoms with Gasteiger partial charge >= 0.3 is 0 Å². The molecule has 30 heavy (non-hydrogen) atoms. The lowest BCUT2D eigenvalue weighted by atomic mass is 10.1. The van der Waals surface area contributed by atoms with Gasteiger partial charge in [-0.05, 0) is 54.6 Å². The van der Waals surface area contributed by atoms with E-state index >= 15 is 0 Å². The van der Waals surface area contributed by atoms with Crippen LogP contribution in [-0.4, -0.2) is 18.2 Å². The largest absolute Gasteiger partial charge is 0.238 e. The number of benzene rings is 3. The third kappa shape index (κ3) is 3.97. The smallest absolute Gasteiger partial charge is 0.232 e. The molecule has 0 amide bonds. The molecular formula is C21H14ClF2N3O2S. The Bertz CT molecular complexity index is 1340. The molecule has 0 saturated carbocycles. The summed E-state index contributed by atoms with van der Waals surface area (Å²) in [4.78, 5) is -0.0640. The Morgan fingerprint density at radius 3 is 2.17 bits per heavy atom. The molecule has 0 aliphatic carbocycles. The Kier molecular flexibility index (Phi) is 5.15. The highest BCUT2D eigenvalue weighted by atomic mass is 35.5. The first-order chi connectivity index (χ1) is 14.2. The van der Waals surface area contributed by atoms with Gasteiger partial charge in [0.25, 0.3) is 0 Å². The summed E-state index contributed by atoms with van der Waals surface area (Å²) in [6.07, 6.45) is 0. The Balaban J connectivity index is 1.90. The average Bonchev–Trinajstić information content (AvgIpc) is 3.13. The molecule has 1 heterocycles. The number of sulfonamides is 1. The molecule has 0 atom stereocenters. The summed E-state index contributed by atoms with van der Waals surface area (Å²) >= 11 is 5.94. The van der Waals surface area contributed by atoms with Crippen LogP contribution < -0.4 is 5.14 Å². The standard InChI is InChI=1S/C21H14ClF2N3O2S/c22-14-3-1-13(2-4-14)20-12-21(18-10-5-15(23)11-19(18)24)27(26-20)16-6-8-17(9-7-16)30(25,28)29/h1-12H,(H2,25,28,29). The number of hydrogen-bond acceptors (Lipinski definition) is 3. The summed E-state index contributed by atoms with van der Waals surface area (Å²) in [6.45, 7) is 0. The van der Waals surface area contributed by atoms with E-state index in [0.717, 1.165) is 17.7 Å². The zero-order chi connectivity index (χ0) is 21.5. The maximum Gasteiger partial charge on any atom is 0.238 e. The minimum atomic E-state index is -3.86. The molecule has 0 bridgehead atoms. The van der Waals surface area contributed by atoms with Gasteiger partial charge in [-0.25, -0.2) is 27.0 Å². The van der Waals surface area contributed by atoms with Crippen LogP contribution in [0, 0.1) is 11.6 Å². The fourth-order valence-corrected chi connectivity index (χ4v) is 3.65. The van der Waals surface area contributed by atoms with E-state index in [9.17, 15) is 17.2 Å². The van der Waals surface area contributed by atoms with Crippen LogP contribution in [0.2, 0.25) is 5.02 Å². The molecule has 2 N–H and O–H groups in total. The Morgan fingerprint density at radius 1 is 0.900 bits per heavy atom. The number of nitrogens with zero attached hydrogens (tertiary/aromatic N) is 2. The zero-order valence-corrected chi connectivity index (χ0v) is 16.8. The van der Waals surface area contributed by atoms with Gasteiger partial charge in [0.05, 0.1) is 22.0 Å². The van der Waals surface area contributed by atoms with Crippen molar-refractivity contribution < 1.29 is 17.2 Å². The number of nitrogens with two attached hydrogens (primary N) is 1. The van der Waals surface area contributed by atoms with Crippen LogP contribution in [0.5, 0.6) is 0 Å². The van der Waals surface area contributed by atoms with Crippen molar-refractivity contribution in [1.29, 1.82) is 0 Å². The second-order valence-corrected chi connectivity index (χ2v) is 8.49. The van der Waals surface area contributed by atoms with E-state index in [2.05, 4.69) is 5.10 Å². The predicted molar refractivity (Wildman–Crippen MR) is 111 cm³/mol. The average molecular weight is 446 g/mol. The minimum absolute atomic E-state index is 0.0640. The van der Waals surface area contributed by atoms with Crippen LogP contribution in [0.25, 0.3) is 28.2 Å². The SMILES string of the molecule is NS(=O)(=O)c1ccc(-n2nc(-c3ccc(Cl)cc3)cc2-c2ccc(F)cc2F)cc1. The lowest BCUT2D eigenvalue weighted by Gasteiger charge is -2.09. The van der Waals surface area contributed by atoms with E-state index in [4.69, 9.17) is 16.7 Å².